The lowest BCUT2D eigenvalue weighted by molar-refractivity contribution is -0.322. The van der Waals surface area contributed by atoms with E-state index in [9.17, 15) is 10.2 Å². The van der Waals surface area contributed by atoms with Crippen LogP contribution in [0, 0.1) is 46.3 Å². The van der Waals surface area contributed by atoms with E-state index in [0.717, 1.165) is 32.1 Å². The minimum atomic E-state index is -0.481. The summed E-state index contributed by atoms with van der Waals surface area (Å²) in [6, 6.07) is 0. The fourth-order valence-electron chi connectivity index (χ4n) is 9.13. The second kappa shape index (κ2) is 6.42. The van der Waals surface area contributed by atoms with Gasteiger partial charge in [-0.1, -0.05) is 27.7 Å². The minimum Gasteiger partial charge on any atom is -0.393 e. The average molecular weight is 393 g/mol. The van der Waals surface area contributed by atoms with Gasteiger partial charge in [-0.05, 0) is 79.4 Å². The summed E-state index contributed by atoms with van der Waals surface area (Å²) in [5, 5.41) is 21.7. The first kappa shape index (κ1) is 19.8. The molecular weight excluding hydrogens is 352 g/mol. The first-order chi connectivity index (χ1) is 13.2. The van der Waals surface area contributed by atoms with Crippen molar-refractivity contribution in [2.45, 2.75) is 90.6 Å². The summed E-state index contributed by atoms with van der Waals surface area (Å²) < 4.78 is 13.1. The maximum absolute atomic E-state index is 11.4. The van der Waals surface area contributed by atoms with Gasteiger partial charge in [0.25, 0.3) is 0 Å². The molecule has 28 heavy (non-hydrogen) atoms. The van der Waals surface area contributed by atoms with Crippen LogP contribution in [0.25, 0.3) is 0 Å². The quantitative estimate of drug-likeness (QED) is 0.708. The largest absolute Gasteiger partial charge is 0.393 e. The summed E-state index contributed by atoms with van der Waals surface area (Å²) in [5.41, 5.74) is 0.167. The number of fused-ring (bicyclic) bond motifs is 6. The Morgan fingerprint density at radius 2 is 1.64 bits per heavy atom. The maximum atomic E-state index is 11.4. The number of aliphatic hydroxyl groups excluding tert-OH is 2. The molecule has 4 unspecified atom stereocenters. The highest BCUT2D eigenvalue weighted by Crippen LogP contribution is 2.72. The summed E-state index contributed by atoms with van der Waals surface area (Å²) >= 11 is 0. The lowest BCUT2D eigenvalue weighted by Crippen LogP contribution is -2.67. The van der Waals surface area contributed by atoms with Crippen molar-refractivity contribution >= 4 is 0 Å². The molecule has 160 valence electrons. The van der Waals surface area contributed by atoms with E-state index < -0.39 is 5.79 Å². The van der Waals surface area contributed by atoms with Gasteiger partial charge in [-0.15, -0.1) is 0 Å². The molecule has 4 aliphatic carbocycles. The Hall–Kier alpha value is -0.160. The third-order valence-electron chi connectivity index (χ3n) is 10.4. The SMILES string of the molecule is CC(C)[C@H]1CC[C@H]2C3C(O)CC4CC(O)CC[C@]4(C)[C@H]3CC3(OCCO3)[C@]12C. The second-order valence-corrected chi connectivity index (χ2v) is 11.6. The zero-order chi connectivity index (χ0) is 19.9. The third kappa shape index (κ3) is 2.38. The van der Waals surface area contributed by atoms with E-state index in [2.05, 4.69) is 27.7 Å². The molecule has 5 fully saturated rings. The van der Waals surface area contributed by atoms with E-state index in [-0.39, 0.29) is 23.0 Å². The average Bonchev–Trinajstić information content (AvgIpc) is 3.24. The normalized spacial score (nSPS) is 55.2. The van der Waals surface area contributed by atoms with Crippen LogP contribution in [-0.2, 0) is 9.47 Å². The molecular formula is C24H40O4. The Morgan fingerprint density at radius 1 is 0.929 bits per heavy atom. The molecule has 4 saturated carbocycles. The van der Waals surface area contributed by atoms with Gasteiger partial charge in [-0.2, -0.15) is 0 Å². The summed E-state index contributed by atoms with van der Waals surface area (Å²) in [7, 11) is 0. The van der Waals surface area contributed by atoms with Crippen molar-refractivity contribution in [1.29, 1.82) is 0 Å². The molecule has 0 aromatic rings. The molecule has 0 aromatic heterocycles. The monoisotopic (exact) mass is 392 g/mol. The van der Waals surface area contributed by atoms with Crippen molar-refractivity contribution in [2.24, 2.45) is 46.3 Å². The van der Waals surface area contributed by atoms with Gasteiger partial charge in [0.05, 0.1) is 25.4 Å². The van der Waals surface area contributed by atoms with E-state index in [1.807, 2.05) is 0 Å². The molecule has 2 N–H and O–H groups in total. The van der Waals surface area contributed by atoms with Gasteiger partial charge in [0, 0.05) is 11.8 Å². The van der Waals surface area contributed by atoms with Crippen LogP contribution in [0.4, 0.5) is 0 Å². The molecule has 5 rings (SSSR count). The number of rotatable bonds is 1. The minimum absolute atomic E-state index is 0.0167. The zero-order valence-electron chi connectivity index (χ0n) is 18.2. The van der Waals surface area contributed by atoms with Crippen molar-refractivity contribution in [3.8, 4) is 0 Å². The summed E-state index contributed by atoms with van der Waals surface area (Å²) in [6.45, 7) is 11.0. The van der Waals surface area contributed by atoms with Crippen molar-refractivity contribution in [3.05, 3.63) is 0 Å². The van der Waals surface area contributed by atoms with E-state index in [1.165, 1.54) is 12.8 Å². The molecule has 4 heteroatoms. The van der Waals surface area contributed by atoms with Crippen molar-refractivity contribution in [3.63, 3.8) is 0 Å². The molecule has 1 spiro atoms. The standard InChI is InChI=1S/C24H40O4/c1-14(2)17-5-6-18-21-19(13-24(23(17,18)4)27-9-10-28-24)22(3)8-7-16(25)11-15(22)12-20(21)26/h14-21,25-26H,5-13H2,1-4H3/t15?,16?,17-,18+,19+,20?,21?,22+,23-/m1/s1. The first-order valence-electron chi connectivity index (χ1n) is 11.9. The van der Waals surface area contributed by atoms with Gasteiger partial charge >= 0.3 is 0 Å². The van der Waals surface area contributed by atoms with Gasteiger partial charge in [-0.25, -0.2) is 0 Å². The van der Waals surface area contributed by atoms with Crippen molar-refractivity contribution in [2.75, 3.05) is 13.2 Å². The number of hydrogen-bond acceptors (Lipinski definition) is 4. The lowest BCUT2D eigenvalue weighted by Gasteiger charge is -2.66. The fourth-order valence-corrected chi connectivity index (χ4v) is 9.13. The van der Waals surface area contributed by atoms with Crippen LogP contribution in [0.3, 0.4) is 0 Å². The fraction of sp³-hybridized carbons (Fsp3) is 1.00. The van der Waals surface area contributed by atoms with Gasteiger partial charge in [-0.3, -0.25) is 0 Å². The molecule has 0 amide bonds. The van der Waals surface area contributed by atoms with Crippen LogP contribution in [0.5, 0.6) is 0 Å². The summed E-state index contributed by atoms with van der Waals surface area (Å²) in [4.78, 5) is 0. The van der Waals surface area contributed by atoms with E-state index in [1.54, 1.807) is 0 Å². The molecule has 1 saturated heterocycles. The highest BCUT2D eigenvalue weighted by Gasteiger charge is 2.72. The Labute approximate surface area is 170 Å². The molecule has 4 nitrogen and oxygen atoms in total. The predicted molar refractivity (Wildman–Crippen MR) is 107 cm³/mol. The smallest absolute Gasteiger partial charge is 0.174 e. The van der Waals surface area contributed by atoms with Gasteiger partial charge in [0.2, 0.25) is 0 Å². The van der Waals surface area contributed by atoms with E-state index >= 15 is 0 Å². The maximum Gasteiger partial charge on any atom is 0.174 e. The lowest BCUT2D eigenvalue weighted by atomic mass is 9.42. The second-order valence-electron chi connectivity index (χ2n) is 11.6. The Balaban J connectivity index is 1.59. The van der Waals surface area contributed by atoms with Crippen LogP contribution in [-0.4, -0.2) is 41.4 Å². The molecule has 5 aliphatic rings. The van der Waals surface area contributed by atoms with Crippen LogP contribution in [0.2, 0.25) is 0 Å². The Kier molecular flexibility index (Phi) is 4.53. The third-order valence-corrected chi connectivity index (χ3v) is 10.4. The first-order valence-corrected chi connectivity index (χ1v) is 11.9. The predicted octanol–water partition coefficient (Wildman–Crippen LogP) is 3.99. The van der Waals surface area contributed by atoms with Crippen molar-refractivity contribution in [1.82, 2.24) is 0 Å². The Morgan fingerprint density at radius 3 is 2.32 bits per heavy atom. The zero-order valence-corrected chi connectivity index (χ0v) is 18.2. The van der Waals surface area contributed by atoms with Crippen LogP contribution >= 0.6 is 0 Å². The molecule has 1 aliphatic heterocycles. The number of hydrogen-bond donors (Lipinski definition) is 2. The van der Waals surface area contributed by atoms with Crippen LogP contribution in [0.1, 0.15) is 72.6 Å². The Bertz CT molecular complexity index is 614. The van der Waals surface area contributed by atoms with E-state index in [4.69, 9.17) is 9.47 Å². The van der Waals surface area contributed by atoms with Crippen molar-refractivity contribution < 1.29 is 19.7 Å². The molecule has 0 radical (unpaired) electrons. The summed E-state index contributed by atoms with van der Waals surface area (Å²) in [6.07, 6.45) is 6.58. The highest BCUT2D eigenvalue weighted by molar-refractivity contribution is 5.17. The number of aliphatic hydroxyl groups is 2. The van der Waals surface area contributed by atoms with Gasteiger partial charge in [0.15, 0.2) is 5.79 Å². The topological polar surface area (TPSA) is 58.9 Å². The van der Waals surface area contributed by atoms with Crippen LogP contribution in [0.15, 0.2) is 0 Å². The van der Waals surface area contributed by atoms with Crippen LogP contribution < -0.4 is 0 Å². The highest BCUT2D eigenvalue weighted by atomic mass is 16.7. The number of ether oxygens (including phenoxy) is 2. The molecule has 9 atom stereocenters. The van der Waals surface area contributed by atoms with Gasteiger partial charge < -0.3 is 19.7 Å². The van der Waals surface area contributed by atoms with E-state index in [0.29, 0.717) is 48.7 Å². The molecule has 0 bridgehead atoms. The molecule has 1 heterocycles. The molecule has 0 aromatic carbocycles. The summed E-state index contributed by atoms with van der Waals surface area (Å²) in [5.74, 6) is 2.37. The van der Waals surface area contributed by atoms with Gasteiger partial charge in [0.1, 0.15) is 0 Å².